The number of carbonyl (C=O) groups is 1. The molecular formula is C26H41F2N3O3S. The summed E-state index contributed by atoms with van der Waals surface area (Å²) in [6.45, 7) is 1.55. The Labute approximate surface area is 213 Å². The summed E-state index contributed by atoms with van der Waals surface area (Å²) in [6.07, 6.45) is 11.7. The molecule has 4 aliphatic rings. The van der Waals surface area contributed by atoms with Crippen molar-refractivity contribution in [3.63, 3.8) is 0 Å². The van der Waals surface area contributed by atoms with Crippen LogP contribution in [0.15, 0.2) is 23.8 Å². The van der Waals surface area contributed by atoms with Crippen molar-refractivity contribution in [1.29, 1.82) is 0 Å². The molecule has 1 heterocycles. The minimum atomic E-state index is -1.33. The molecule has 3 atom stereocenters. The van der Waals surface area contributed by atoms with Crippen LogP contribution in [0.5, 0.6) is 0 Å². The zero-order valence-corrected chi connectivity index (χ0v) is 21.9. The fraction of sp³-hybridized carbons (Fsp3) is 0.808. The Morgan fingerprint density at radius 1 is 1.26 bits per heavy atom. The van der Waals surface area contributed by atoms with E-state index in [9.17, 15) is 13.6 Å². The number of likely N-dealkylation sites (tertiary alicyclic amines) is 1. The smallest absolute Gasteiger partial charge is 0.409 e. The molecule has 0 aromatic heterocycles. The average molecular weight is 514 g/mol. The Bertz CT molecular complexity index is 769. The highest BCUT2D eigenvalue weighted by Gasteiger charge is 2.40. The van der Waals surface area contributed by atoms with E-state index in [1.54, 1.807) is 23.1 Å². The first-order chi connectivity index (χ1) is 16.8. The second-order valence-corrected chi connectivity index (χ2v) is 12.0. The molecule has 3 fully saturated rings. The predicted octanol–water partition coefficient (Wildman–Crippen LogP) is 5.22. The van der Waals surface area contributed by atoms with Gasteiger partial charge in [0.2, 0.25) is 0 Å². The first kappa shape index (κ1) is 26.9. The number of nitrogens with zero attached hydrogens (tertiary/aromatic N) is 2. The molecule has 0 aromatic carbocycles. The van der Waals surface area contributed by atoms with Crippen molar-refractivity contribution < 1.29 is 23.0 Å². The van der Waals surface area contributed by atoms with Crippen molar-refractivity contribution in [2.24, 2.45) is 11.8 Å². The number of ether oxygens (including phenoxy) is 2. The summed E-state index contributed by atoms with van der Waals surface area (Å²) in [5.74, 6) is 0.585. The van der Waals surface area contributed by atoms with Gasteiger partial charge in [0.25, 0.3) is 0 Å². The number of rotatable bonds is 9. The zero-order chi connectivity index (χ0) is 24.8. The lowest BCUT2D eigenvalue weighted by Gasteiger charge is -2.40. The fourth-order valence-corrected chi connectivity index (χ4v) is 6.16. The van der Waals surface area contributed by atoms with Crippen LogP contribution in [0.4, 0.5) is 13.6 Å². The molecule has 4 rings (SSSR count). The normalized spacial score (nSPS) is 32.8. The van der Waals surface area contributed by atoms with Crippen LogP contribution in [0.1, 0.15) is 57.8 Å². The van der Waals surface area contributed by atoms with E-state index in [2.05, 4.69) is 10.8 Å². The predicted molar refractivity (Wildman–Crippen MR) is 135 cm³/mol. The zero-order valence-electron chi connectivity index (χ0n) is 21.1. The number of piperidine rings is 1. The van der Waals surface area contributed by atoms with Gasteiger partial charge >= 0.3 is 6.09 Å². The molecule has 9 heteroatoms. The van der Waals surface area contributed by atoms with Crippen molar-refractivity contribution in [2.75, 3.05) is 40.4 Å². The summed E-state index contributed by atoms with van der Waals surface area (Å²) in [6, 6.07) is 0.211. The van der Waals surface area contributed by atoms with Gasteiger partial charge in [-0.25, -0.2) is 22.6 Å². The molecule has 0 radical (unpaired) electrons. The number of allylic oxidation sites excluding steroid dienone is 4. The SMILES string of the molecule is CN(C)SNC1CCN(C(=O)OCC2(F)CCC2)C[C@H]1COC1CCC(C2=CC=CC(F)C2)CC1. The van der Waals surface area contributed by atoms with Crippen LogP contribution in [0.3, 0.4) is 0 Å². The van der Waals surface area contributed by atoms with E-state index in [1.807, 2.05) is 24.5 Å². The minimum absolute atomic E-state index is 0.128. The van der Waals surface area contributed by atoms with E-state index in [-0.39, 0.29) is 24.7 Å². The van der Waals surface area contributed by atoms with Gasteiger partial charge in [0, 0.05) is 43.6 Å². The van der Waals surface area contributed by atoms with E-state index in [0.29, 0.717) is 44.9 Å². The maximum absolute atomic E-state index is 14.3. The monoisotopic (exact) mass is 513 g/mol. The maximum atomic E-state index is 14.3. The second kappa shape index (κ2) is 12.4. The Balaban J connectivity index is 1.26. The molecule has 1 aliphatic heterocycles. The number of halogens is 2. The average Bonchev–Trinajstić information content (AvgIpc) is 2.84. The molecule has 3 aliphatic carbocycles. The number of hydrogen-bond donors (Lipinski definition) is 1. The lowest BCUT2D eigenvalue weighted by molar-refractivity contribution is -0.0329. The number of nitrogens with one attached hydrogen (secondary N) is 1. The van der Waals surface area contributed by atoms with Crippen LogP contribution in [-0.2, 0) is 9.47 Å². The van der Waals surface area contributed by atoms with Crippen LogP contribution >= 0.6 is 12.1 Å². The standard InChI is InChI=1S/C26H41F2N3O3S/c1-30(2)35-29-24-11-14-31(25(32)34-18-26(28)12-4-13-26)16-21(24)17-33-23-9-7-19(8-10-23)20-5-3-6-22(27)15-20/h3,5-6,19,21-24,29H,4,7-18H2,1-2H3/t19?,21-,22?,23?,24?/m0/s1. The highest BCUT2D eigenvalue weighted by atomic mass is 32.2. The third-order valence-electron chi connectivity index (χ3n) is 7.89. The number of hydrogen-bond acceptors (Lipinski definition) is 6. The first-order valence-corrected chi connectivity index (χ1v) is 13.9. The largest absolute Gasteiger partial charge is 0.446 e. The molecule has 35 heavy (non-hydrogen) atoms. The molecule has 198 valence electrons. The molecule has 0 aromatic rings. The van der Waals surface area contributed by atoms with Crippen LogP contribution in [0.25, 0.3) is 0 Å². The summed E-state index contributed by atoms with van der Waals surface area (Å²) < 4.78 is 45.3. The first-order valence-electron chi connectivity index (χ1n) is 13.1. The van der Waals surface area contributed by atoms with Gasteiger partial charge in [-0.1, -0.05) is 23.8 Å². The molecule has 1 saturated heterocycles. The highest BCUT2D eigenvalue weighted by molar-refractivity contribution is 7.95. The van der Waals surface area contributed by atoms with Crippen LogP contribution < -0.4 is 4.72 Å². The Kier molecular flexibility index (Phi) is 9.52. The topological polar surface area (TPSA) is 54.0 Å². The van der Waals surface area contributed by atoms with E-state index in [4.69, 9.17) is 9.47 Å². The Morgan fingerprint density at radius 2 is 2.03 bits per heavy atom. The van der Waals surface area contributed by atoms with Gasteiger partial charge in [0.05, 0.1) is 12.7 Å². The summed E-state index contributed by atoms with van der Waals surface area (Å²) in [5, 5.41) is 0. The van der Waals surface area contributed by atoms with Crippen LogP contribution in [0, 0.1) is 11.8 Å². The minimum Gasteiger partial charge on any atom is -0.446 e. The fourth-order valence-electron chi connectivity index (χ4n) is 5.51. The van der Waals surface area contributed by atoms with E-state index in [1.165, 1.54) is 5.57 Å². The van der Waals surface area contributed by atoms with Gasteiger partial charge in [0.1, 0.15) is 18.4 Å². The molecule has 2 unspecified atom stereocenters. The summed E-state index contributed by atoms with van der Waals surface area (Å²) >= 11 is 1.55. The molecule has 1 N–H and O–H groups in total. The maximum Gasteiger partial charge on any atom is 0.409 e. The number of alkyl halides is 2. The number of carbonyl (C=O) groups excluding carboxylic acids is 1. The van der Waals surface area contributed by atoms with Gasteiger partial charge in [-0.15, -0.1) is 0 Å². The van der Waals surface area contributed by atoms with Gasteiger partial charge < -0.3 is 14.4 Å². The number of amides is 1. The van der Waals surface area contributed by atoms with E-state index in [0.717, 1.165) is 38.5 Å². The lowest BCUT2D eigenvalue weighted by atomic mass is 9.79. The van der Waals surface area contributed by atoms with Gasteiger partial charge in [-0.05, 0) is 71.4 Å². The summed E-state index contributed by atoms with van der Waals surface area (Å²) in [5.41, 5.74) is -0.0873. The summed E-state index contributed by atoms with van der Waals surface area (Å²) in [7, 11) is 3.98. The molecular weight excluding hydrogens is 472 g/mol. The second-order valence-electron chi connectivity index (χ2n) is 10.8. The van der Waals surface area contributed by atoms with Crippen molar-refractivity contribution in [1.82, 2.24) is 13.9 Å². The van der Waals surface area contributed by atoms with E-state index < -0.39 is 17.9 Å². The Hall–Kier alpha value is -1.16. The van der Waals surface area contributed by atoms with Crippen LogP contribution in [0.2, 0.25) is 0 Å². The molecule has 1 amide bonds. The van der Waals surface area contributed by atoms with Crippen molar-refractivity contribution in [3.8, 4) is 0 Å². The van der Waals surface area contributed by atoms with E-state index >= 15 is 0 Å². The highest BCUT2D eigenvalue weighted by Crippen LogP contribution is 2.37. The van der Waals surface area contributed by atoms with Gasteiger partial charge in [-0.2, -0.15) is 0 Å². The van der Waals surface area contributed by atoms with Gasteiger partial charge in [-0.3, -0.25) is 0 Å². The molecule has 6 nitrogen and oxygen atoms in total. The quantitative estimate of drug-likeness (QED) is 0.427. The molecule has 0 bridgehead atoms. The molecule has 0 spiro atoms. The van der Waals surface area contributed by atoms with Gasteiger partial charge in [0.15, 0.2) is 0 Å². The van der Waals surface area contributed by atoms with Crippen molar-refractivity contribution in [2.45, 2.75) is 81.8 Å². The van der Waals surface area contributed by atoms with Crippen molar-refractivity contribution in [3.05, 3.63) is 23.8 Å². The third kappa shape index (κ3) is 7.66. The Morgan fingerprint density at radius 3 is 2.69 bits per heavy atom. The third-order valence-corrected chi connectivity index (χ3v) is 8.66. The van der Waals surface area contributed by atoms with Crippen LogP contribution in [-0.4, -0.2) is 79.7 Å². The summed E-state index contributed by atoms with van der Waals surface area (Å²) in [4.78, 5) is 14.4. The van der Waals surface area contributed by atoms with Crippen molar-refractivity contribution >= 4 is 18.2 Å². The lowest BCUT2D eigenvalue weighted by Crippen LogP contribution is -2.52. The molecule has 2 saturated carbocycles.